The fourth-order valence-electron chi connectivity index (χ4n) is 5.48. The van der Waals surface area contributed by atoms with Crippen molar-refractivity contribution >= 4 is 29.0 Å². The summed E-state index contributed by atoms with van der Waals surface area (Å²) in [5.41, 5.74) is 0.328. The first-order valence-corrected chi connectivity index (χ1v) is 13.6. The summed E-state index contributed by atoms with van der Waals surface area (Å²) < 4.78 is 32.3. The maximum Gasteiger partial charge on any atom is 0.355 e. The lowest BCUT2D eigenvalue weighted by Crippen LogP contribution is -2.54. The number of benzene rings is 1. The minimum atomic E-state index is -0.885. The van der Waals surface area contributed by atoms with Crippen LogP contribution in [0.15, 0.2) is 54.0 Å². The van der Waals surface area contributed by atoms with Crippen LogP contribution in [0.1, 0.15) is 48.3 Å². The Morgan fingerprint density at radius 3 is 2.57 bits per heavy atom. The van der Waals surface area contributed by atoms with Gasteiger partial charge in [-0.1, -0.05) is 32.6 Å². The van der Waals surface area contributed by atoms with Gasteiger partial charge in [-0.3, -0.25) is 14.6 Å². The van der Waals surface area contributed by atoms with Crippen LogP contribution in [-0.2, 0) is 4.79 Å². The number of aromatic nitrogens is 4. The fourth-order valence-corrected chi connectivity index (χ4v) is 5.48. The lowest BCUT2D eigenvalue weighted by atomic mass is 10.0. The molecule has 216 valence electrons. The Morgan fingerprint density at radius 1 is 1.14 bits per heavy atom. The van der Waals surface area contributed by atoms with Crippen LogP contribution < -0.4 is 10.6 Å². The summed E-state index contributed by atoms with van der Waals surface area (Å²) in [5, 5.41) is 0.216. The van der Waals surface area contributed by atoms with Gasteiger partial charge in [0.05, 0.1) is 16.8 Å². The number of piperazine rings is 1. The third kappa shape index (κ3) is 4.84. The first-order chi connectivity index (χ1) is 20.1. The predicted octanol–water partition coefficient (Wildman–Crippen LogP) is 4.59. The molecule has 0 spiro atoms. The van der Waals surface area contributed by atoms with Gasteiger partial charge in [0, 0.05) is 43.0 Å². The zero-order valence-electron chi connectivity index (χ0n) is 23.8. The van der Waals surface area contributed by atoms with Crippen LogP contribution in [0.5, 0.6) is 0 Å². The monoisotopic (exact) mass is 572 g/mol. The van der Waals surface area contributed by atoms with Crippen molar-refractivity contribution < 1.29 is 18.4 Å². The minimum Gasteiger partial charge on any atom is -0.350 e. The molecule has 1 fully saturated rings. The van der Waals surface area contributed by atoms with E-state index in [0.29, 0.717) is 42.9 Å². The number of nitrogens with zero attached hydrogens (tertiary/aromatic N) is 6. The summed E-state index contributed by atoms with van der Waals surface area (Å²) >= 11 is 0. The molecule has 0 saturated carbocycles. The van der Waals surface area contributed by atoms with E-state index in [9.17, 15) is 14.4 Å². The van der Waals surface area contributed by atoms with Crippen LogP contribution in [0.25, 0.3) is 28.0 Å². The van der Waals surface area contributed by atoms with Crippen molar-refractivity contribution in [3.8, 4) is 16.9 Å². The highest BCUT2D eigenvalue weighted by molar-refractivity contribution is 5.93. The van der Waals surface area contributed by atoms with E-state index < -0.39 is 23.0 Å². The summed E-state index contributed by atoms with van der Waals surface area (Å²) in [7, 11) is 0. The summed E-state index contributed by atoms with van der Waals surface area (Å²) in [4.78, 5) is 54.9. The van der Waals surface area contributed by atoms with Gasteiger partial charge in [0.1, 0.15) is 17.3 Å². The van der Waals surface area contributed by atoms with E-state index in [1.807, 2.05) is 32.6 Å². The number of carbonyl (C=O) groups is 2. The lowest BCUT2D eigenvalue weighted by Gasteiger charge is -2.40. The maximum absolute atomic E-state index is 15.9. The van der Waals surface area contributed by atoms with E-state index in [1.54, 1.807) is 17.2 Å². The average Bonchev–Trinajstić information content (AvgIpc) is 2.96. The zero-order chi connectivity index (χ0) is 30.3. The Kier molecular flexibility index (Phi) is 7.68. The molecule has 5 rings (SSSR count). The fraction of sp³-hybridized carbons (Fsp3) is 0.290. The SMILES string of the molecule is C=CC(=O)N1CCN(c2nc(=O)n(-c3c(C)ccnc3C(C)C)c3nc(-c4c(F)cccc4C=O)c(F)cc23)[C@@H](C)C1. The van der Waals surface area contributed by atoms with Crippen LogP contribution in [0.3, 0.4) is 0 Å². The van der Waals surface area contributed by atoms with Crippen molar-refractivity contribution in [3.05, 3.63) is 88.1 Å². The van der Waals surface area contributed by atoms with E-state index >= 15 is 8.78 Å². The summed E-state index contributed by atoms with van der Waals surface area (Å²) in [6.07, 6.45) is 3.32. The highest BCUT2D eigenvalue weighted by Crippen LogP contribution is 2.34. The van der Waals surface area contributed by atoms with Gasteiger partial charge >= 0.3 is 5.69 Å². The molecule has 1 aliphatic heterocycles. The van der Waals surface area contributed by atoms with E-state index in [1.165, 1.54) is 28.8 Å². The highest BCUT2D eigenvalue weighted by atomic mass is 19.1. The van der Waals surface area contributed by atoms with Gasteiger partial charge in [-0.2, -0.15) is 4.98 Å². The second-order valence-corrected chi connectivity index (χ2v) is 10.6. The molecule has 11 heteroatoms. The molecule has 9 nitrogen and oxygen atoms in total. The highest BCUT2D eigenvalue weighted by Gasteiger charge is 2.31. The number of rotatable bonds is 6. The molecule has 1 saturated heterocycles. The first kappa shape index (κ1) is 28.7. The lowest BCUT2D eigenvalue weighted by molar-refractivity contribution is -0.126. The number of hydrogen-bond donors (Lipinski definition) is 0. The van der Waals surface area contributed by atoms with E-state index in [0.717, 1.165) is 6.07 Å². The third-order valence-corrected chi connectivity index (χ3v) is 7.52. The molecule has 0 radical (unpaired) electrons. The molecule has 1 aromatic carbocycles. The molecule has 1 atom stereocenters. The van der Waals surface area contributed by atoms with Crippen LogP contribution in [0.4, 0.5) is 14.6 Å². The zero-order valence-corrected chi connectivity index (χ0v) is 23.8. The maximum atomic E-state index is 15.9. The number of pyridine rings is 2. The number of fused-ring (bicyclic) bond motifs is 1. The molecule has 0 bridgehead atoms. The van der Waals surface area contributed by atoms with Gasteiger partial charge in [-0.25, -0.2) is 23.1 Å². The van der Waals surface area contributed by atoms with Gasteiger partial charge in [-0.15, -0.1) is 0 Å². The second-order valence-electron chi connectivity index (χ2n) is 10.6. The van der Waals surface area contributed by atoms with E-state index in [-0.39, 0.29) is 45.8 Å². The quantitative estimate of drug-likeness (QED) is 0.246. The molecule has 0 N–H and O–H groups in total. The Hall–Kier alpha value is -4.80. The number of aldehydes is 1. The summed E-state index contributed by atoms with van der Waals surface area (Å²) in [6.45, 7) is 12.1. The normalized spacial score (nSPS) is 15.4. The van der Waals surface area contributed by atoms with Crippen LogP contribution >= 0.6 is 0 Å². The van der Waals surface area contributed by atoms with E-state index in [4.69, 9.17) is 0 Å². The Bertz CT molecular complexity index is 1800. The van der Waals surface area contributed by atoms with Gasteiger partial charge in [0.2, 0.25) is 5.91 Å². The number of halogens is 2. The number of amides is 1. The molecule has 4 aromatic rings. The number of aryl methyl sites for hydroxylation is 1. The largest absolute Gasteiger partial charge is 0.355 e. The van der Waals surface area contributed by atoms with Gasteiger partial charge in [0.25, 0.3) is 0 Å². The Balaban J connectivity index is 1.85. The molecule has 4 heterocycles. The van der Waals surface area contributed by atoms with Crippen LogP contribution in [0.2, 0.25) is 0 Å². The summed E-state index contributed by atoms with van der Waals surface area (Å²) in [6, 6.07) is 6.48. The van der Waals surface area contributed by atoms with Crippen LogP contribution in [-0.4, -0.2) is 62.3 Å². The number of anilines is 1. The average molecular weight is 573 g/mol. The molecule has 42 heavy (non-hydrogen) atoms. The molecule has 0 unspecified atom stereocenters. The third-order valence-electron chi connectivity index (χ3n) is 7.52. The van der Waals surface area contributed by atoms with Crippen molar-refractivity contribution in [3.63, 3.8) is 0 Å². The number of hydrogen-bond acceptors (Lipinski definition) is 7. The van der Waals surface area contributed by atoms with Crippen molar-refractivity contribution in [1.82, 2.24) is 24.4 Å². The van der Waals surface area contributed by atoms with Gasteiger partial charge in [0.15, 0.2) is 17.8 Å². The molecule has 1 amide bonds. The van der Waals surface area contributed by atoms with E-state index in [2.05, 4.69) is 21.5 Å². The van der Waals surface area contributed by atoms with Crippen molar-refractivity contribution in [2.45, 2.75) is 39.7 Å². The molecular formula is C31H30F2N6O3. The van der Waals surface area contributed by atoms with Crippen LogP contribution in [0, 0.1) is 18.6 Å². The molecule has 3 aromatic heterocycles. The Morgan fingerprint density at radius 2 is 1.90 bits per heavy atom. The Labute approximate surface area is 241 Å². The van der Waals surface area contributed by atoms with Gasteiger partial charge < -0.3 is 9.80 Å². The minimum absolute atomic E-state index is 0.0382. The van der Waals surface area contributed by atoms with Crippen molar-refractivity contribution in [2.24, 2.45) is 0 Å². The van der Waals surface area contributed by atoms with Crippen molar-refractivity contribution in [1.29, 1.82) is 0 Å². The first-order valence-electron chi connectivity index (χ1n) is 13.6. The molecular weight excluding hydrogens is 542 g/mol. The molecule has 0 aliphatic carbocycles. The number of carbonyl (C=O) groups excluding carboxylic acids is 2. The van der Waals surface area contributed by atoms with Crippen molar-refractivity contribution in [2.75, 3.05) is 24.5 Å². The standard InChI is InChI=1S/C31H30F2N6O3/c1-6-24(41)37-12-13-38(19(5)15-37)29-21-14-23(33)27(25-20(16-40)8-7-9-22(25)32)35-30(21)39(31(42)36-29)28-18(4)10-11-34-26(28)17(2)3/h6-11,14,16-17,19H,1,12-13,15H2,2-5H3/t19-/m0/s1. The molecule has 1 aliphatic rings. The summed E-state index contributed by atoms with van der Waals surface area (Å²) in [5.74, 6) is -1.82. The second kappa shape index (κ2) is 11.2. The van der Waals surface area contributed by atoms with Gasteiger partial charge in [-0.05, 0) is 49.6 Å². The predicted molar refractivity (Wildman–Crippen MR) is 156 cm³/mol. The smallest absolute Gasteiger partial charge is 0.350 e. The topological polar surface area (TPSA) is 101 Å².